The Bertz CT molecular complexity index is 838. The summed E-state index contributed by atoms with van der Waals surface area (Å²) < 4.78 is 0. The van der Waals surface area contributed by atoms with Crippen LogP contribution >= 0.6 is 24.8 Å². The zero-order valence-corrected chi connectivity index (χ0v) is 18.4. The van der Waals surface area contributed by atoms with Gasteiger partial charge in [0.1, 0.15) is 5.82 Å². The summed E-state index contributed by atoms with van der Waals surface area (Å²) in [5, 5.41) is 15.8. The molecule has 0 unspecified atom stereocenters. The molecule has 29 heavy (non-hydrogen) atoms. The molecule has 3 rings (SSSR count). The van der Waals surface area contributed by atoms with Crippen LogP contribution in [0.3, 0.4) is 0 Å². The fourth-order valence-corrected chi connectivity index (χ4v) is 3.42. The topological polar surface area (TPSA) is 103 Å². The molecule has 0 spiro atoms. The number of aryl methyl sites for hydroxylation is 1. The van der Waals surface area contributed by atoms with Gasteiger partial charge in [-0.15, -0.1) is 24.8 Å². The minimum absolute atomic E-state index is 0. The Hall–Kier alpha value is -2.27. The molecule has 4 N–H and O–H groups in total. The summed E-state index contributed by atoms with van der Waals surface area (Å²) in [5.41, 5.74) is 8.68. The average Bonchev–Trinajstić information content (AvgIpc) is 2.67. The third-order valence-corrected chi connectivity index (χ3v) is 4.77. The largest absolute Gasteiger partial charge is 0.399 e. The van der Waals surface area contributed by atoms with E-state index < -0.39 is 0 Å². The van der Waals surface area contributed by atoms with Crippen molar-refractivity contribution in [1.82, 2.24) is 15.3 Å². The van der Waals surface area contributed by atoms with Crippen molar-refractivity contribution in [2.24, 2.45) is 0 Å². The van der Waals surface area contributed by atoms with Gasteiger partial charge in [-0.3, -0.25) is 0 Å². The van der Waals surface area contributed by atoms with Gasteiger partial charge in [-0.2, -0.15) is 10.2 Å². The van der Waals surface area contributed by atoms with Gasteiger partial charge in [-0.05, 0) is 44.5 Å². The second-order valence-electron chi connectivity index (χ2n) is 6.95. The third kappa shape index (κ3) is 6.64. The maximum Gasteiger partial charge on any atom is 0.229 e. The molecule has 1 aromatic heterocycles. The van der Waals surface area contributed by atoms with Crippen molar-refractivity contribution < 1.29 is 0 Å². The molecule has 0 bridgehead atoms. The molecule has 1 aliphatic heterocycles. The number of rotatable bonds is 6. The average molecular weight is 438 g/mol. The summed E-state index contributed by atoms with van der Waals surface area (Å²) in [6.45, 7) is 4.08. The molecule has 0 amide bonds. The number of halogens is 2. The van der Waals surface area contributed by atoms with Crippen LogP contribution in [0.4, 0.5) is 23.1 Å². The van der Waals surface area contributed by atoms with E-state index in [4.69, 9.17) is 16.0 Å². The fourth-order valence-electron chi connectivity index (χ4n) is 3.42. The molecule has 2 aromatic rings. The lowest BCUT2D eigenvalue weighted by molar-refractivity contribution is 0.447. The highest BCUT2D eigenvalue weighted by Gasteiger charge is 2.20. The third-order valence-electron chi connectivity index (χ3n) is 4.77. The number of nitriles is 1. The van der Waals surface area contributed by atoms with Crippen LogP contribution in [-0.2, 0) is 6.42 Å². The zero-order chi connectivity index (χ0) is 19.2. The van der Waals surface area contributed by atoms with Crippen molar-refractivity contribution in [3.63, 3.8) is 0 Å². The number of likely N-dealkylation sites (N-methyl/N-ethyl adjacent to an activating group) is 1. The summed E-state index contributed by atoms with van der Waals surface area (Å²) in [6, 6.07) is 9.88. The molecule has 2 heterocycles. The lowest BCUT2D eigenvalue weighted by Gasteiger charge is -2.33. The summed E-state index contributed by atoms with van der Waals surface area (Å²) in [7, 11) is 2.01. The Labute approximate surface area is 184 Å². The van der Waals surface area contributed by atoms with E-state index in [9.17, 15) is 0 Å². The van der Waals surface area contributed by atoms with Gasteiger partial charge in [0.15, 0.2) is 0 Å². The van der Waals surface area contributed by atoms with Crippen molar-refractivity contribution >= 4 is 48.0 Å². The van der Waals surface area contributed by atoms with E-state index in [-0.39, 0.29) is 24.8 Å². The zero-order valence-electron chi connectivity index (χ0n) is 16.8. The highest BCUT2D eigenvalue weighted by atomic mass is 35.5. The molecule has 0 aliphatic carbocycles. The van der Waals surface area contributed by atoms with E-state index >= 15 is 0 Å². The van der Waals surface area contributed by atoms with Crippen LogP contribution in [0.25, 0.3) is 0 Å². The summed E-state index contributed by atoms with van der Waals surface area (Å²) >= 11 is 0. The van der Waals surface area contributed by atoms with Gasteiger partial charge in [0.2, 0.25) is 5.95 Å². The molecule has 0 saturated carbocycles. The highest BCUT2D eigenvalue weighted by Crippen LogP contribution is 2.24. The second-order valence-corrected chi connectivity index (χ2v) is 6.95. The van der Waals surface area contributed by atoms with Crippen LogP contribution in [0.5, 0.6) is 0 Å². The lowest BCUT2D eigenvalue weighted by Crippen LogP contribution is -2.44. The lowest BCUT2D eigenvalue weighted by atomic mass is 10.1. The molecule has 0 radical (unpaired) electrons. The molecule has 1 saturated heterocycles. The second kappa shape index (κ2) is 11.7. The minimum atomic E-state index is 0. The monoisotopic (exact) mass is 437 g/mol. The highest BCUT2D eigenvalue weighted by molar-refractivity contribution is 5.85. The van der Waals surface area contributed by atoms with Gasteiger partial charge in [0.25, 0.3) is 0 Å². The van der Waals surface area contributed by atoms with E-state index in [0.717, 1.165) is 49.6 Å². The van der Waals surface area contributed by atoms with Crippen molar-refractivity contribution in [2.75, 3.05) is 36.1 Å². The smallest absolute Gasteiger partial charge is 0.229 e. The number of hydrogen-bond donors (Lipinski definition) is 3. The fraction of sp³-hybridized carbons (Fsp3) is 0.450. The van der Waals surface area contributed by atoms with Crippen LogP contribution in [-0.4, -0.2) is 36.1 Å². The first-order chi connectivity index (χ1) is 13.1. The standard InChI is InChI=1S/C20H27N7.2ClH/c1-3-5-16-11-19(27-7-4-6-17(13-27)23-2)26-20(24-16)25-18-9-14(12-21)8-15(22)10-18;;/h8-11,17,23H,3-7,13,22H2,1-2H3,(H,24,25,26);2*1H/t17-;;/m1../s1. The Morgan fingerprint density at radius 1 is 1.24 bits per heavy atom. The molecule has 9 heteroatoms. The predicted molar refractivity (Wildman–Crippen MR) is 124 cm³/mol. The number of nitrogen functional groups attached to an aromatic ring is 1. The molecule has 1 aromatic carbocycles. The number of hydrogen-bond acceptors (Lipinski definition) is 7. The van der Waals surface area contributed by atoms with Crippen molar-refractivity contribution in [3.8, 4) is 6.07 Å². The van der Waals surface area contributed by atoms with E-state index in [2.05, 4.69) is 39.6 Å². The van der Waals surface area contributed by atoms with Crippen molar-refractivity contribution in [1.29, 1.82) is 5.26 Å². The summed E-state index contributed by atoms with van der Waals surface area (Å²) in [5.74, 6) is 1.48. The molecule has 1 fully saturated rings. The van der Waals surface area contributed by atoms with Crippen LogP contribution in [0.1, 0.15) is 37.4 Å². The Balaban J connectivity index is 0.00000210. The van der Waals surface area contributed by atoms with E-state index in [1.807, 2.05) is 7.05 Å². The summed E-state index contributed by atoms with van der Waals surface area (Å²) in [6.07, 6.45) is 4.24. The molecule has 7 nitrogen and oxygen atoms in total. The normalized spacial score (nSPS) is 15.6. The van der Waals surface area contributed by atoms with Gasteiger partial charge in [-0.1, -0.05) is 13.3 Å². The number of nitrogens with two attached hydrogens (primary N) is 1. The van der Waals surface area contributed by atoms with Crippen LogP contribution in [0.2, 0.25) is 0 Å². The minimum Gasteiger partial charge on any atom is -0.399 e. The van der Waals surface area contributed by atoms with Gasteiger partial charge >= 0.3 is 0 Å². The molecule has 1 atom stereocenters. The van der Waals surface area contributed by atoms with Gasteiger partial charge < -0.3 is 21.3 Å². The number of piperidine rings is 1. The number of nitrogens with one attached hydrogen (secondary N) is 2. The van der Waals surface area contributed by atoms with Crippen LogP contribution < -0.4 is 21.3 Å². The quantitative estimate of drug-likeness (QED) is 0.592. The Morgan fingerprint density at radius 2 is 2.03 bits per heavy atom. The molecule has 1 aliphatic rings. The SMILES string of the molecule is CCCc1cc(N2CCC[C@@H](NC)C2)nc(Nc2cc(N)cc(C#N)c2)n1.Cl.Cl. The number of benzene rings is 1. The van der Waals surface area contributed by atoms with E-state index in [0.29, 0.717) is 23.2 Å². The van der Waals surface area contributed by atoms with Gasteiger partial charge in [0, 0.05) is 42.3 Å². The van der Waals surface area contributed by atoms with E-state index in [1.165, 1.54) is 6.42 Å². The number of anilines is 4. The maximum atomic E-state index is 9.15. The van der Waals surface area contributed by atoms with Crippen molar-refractivity contribution in [3.05, 3.63) is 35.5 Å². The maximum absolute atomic E-state index is 9.15. The first-order valence-electron chi connectivity index (χ1n) is 9.49. The number of aromatic nitrogens is 2. The van der Waals surface area contributed by atoms with Crippen LogP contribution in [0.15, 0.2) is 24.3 Å². The van der Waals surface area contributed by atoms with Crippen molar-refractivity contribution in [2.45, 2.75) is 38.6 Å². The molecular formula is C20H29Cl2N7. The summed E-state index contributed by atoms with van der Waals surface area (Å²) in [4.78, 5) is 11.7. The van der Waals surface area contributed by atoms with E-state index in [1.54, 1.807) is 18.2 Å². The first kappa shape index (κ1) is 24.8. The van der Waals surface area contributed by atoms with Gasteiger partial charge in [0.05, 0.1) is 11.6 Å². The predicted octanol–water partition coefficient (Wildman–Crippen LogP) is 3.66. The Morgan fingerprint density at radius 3 is 2.72 bits per heavy atom. The molecule has 158 valence electrons. The van der Waals surface area contributed by atoms with Crippen LogP contribution in [0, 0.1) is 11.3 Å². The molecular weight excluding hydrogens is 409 g/mol. The first-order valence-corrected chi connectivity index (χ1v) is 9.49. The number of nitrogens with zero attached hydrogens (tertiary/aromatic N) is 4. The van der Waals surface area contributed by atoms with Gasteiger partial charge in [-0.25, -0.2) is 4.98 Å². The Kier molecular flexibility index (Phi) is 9.96.